The zero-order valence-corrected chi connectivity index (χ0v) is 15.1. The maximum Gasteiger partial charge on any atom is 0.246 e. The van der Waals surface area contributed by atoms with E-state index < -0.39 is 29.0 Å². The molecule has 0 aliphatic carbocycles. The molecule has 0 saturated carbocycles. The molecule has 0 aromatic heterocycles. The molecule has 140 valence electrons. The minimum absolute atomic E-state index is 0.279. The van der Waals surface area contributed by atoms with E-state index in [1.54, 1.807) is 11.8 Å². The molecule has 0 atom stereocenters. The van der Waals surface area contributed by atoms with Crippen LogP contribution in [-0.2, 0) is 4.79 Å². The second-order valence-electron chi connectivity index (χ2n) is 5.09. The van der Waals surface area contributed by atoms with Crippen molar-refractivity contribution in [3.63, 3.8) is 0 Å². The standard InChI is InChI=1S/C16H23F3N4OS/c1-3-20-16(21-8-4-5-9-25-2)22-10-13(24)23-12-7-6-11(17)14(18)15(12)19/h6-7H,3-5,8-10H2,1-2H3,(H,23,24)(H2,20,21,22). The van der Waals surface area contributed by atoms with Gasteiger partial charge < -0.3 is 16.0 Å². The molecule has 1 aromatic carbocycles. The molecular formula is C16H23F3N4OS. The lowest BCUT2D eigenvalue weighted by Gasteiger charge is -2.11. The Morgan fingerprint density at radius 3 is 2.60 bits per heavy atom. The van der Waals surface area contributed by atoms with Gasteiger partial charge in [0, 0.05) is 13.1 Å². The zero-order chi connectivity index (χ0) is 18.7. The van der Waals surface area contributed by atoms with E-state index >= 15 is 0 Å². The number of aliphatic imine (C=N–C) groups is 1. The van der Waals surface area contributed by atoms with Gasteiger partial charge in [-0.05, 0) is 43.9 Å². The summed E-state index contributed by atoms with van der Waals surface area (Å²) in [6.45, 7) is 2.95. The summed E-state index contributed by atoms with van der Waals surface area (Å²) in [5, 5.41) is 8.26. The Hall–Kier alpha value is -1.90. The lowest BCUT2D eigenvalue weighted by Crippen LogP contribution is -2.38. The van der Waals surface area contributed by atoms with Crippen LogP contribution in [0.2, 0.25) is 0 Å². The Bertz CT molecular complexity index is 599. The molecule has 0 aliphatic heterocycles. The molecule has 1 amide bonds. The number of carbonyl (C=O) groups excluding carboxylic acids is 1. The van der Waals surface area contributed by atoms with E-state index in [-0.39, 0.29) is 6.54 Å². The number of hydrogen-bond donors (Lipinski definition) is 3. The molecule has 0 heterocycles. The Morgan fingerprint density at radius 1 is 1.16 bits per heavy atom. The van der Waals surface area contributed by atoms with Gasteiger partial charge in [-0.15, -0.1) is 0 Å². The largest absolute Gasteiger partial charge is 0.357 e. The van der Waals surface area contributed by atoms with E-state index in [2.05, 4.69) is 20.9 Å². The lowest BCUT2D eigenvalue weighted by molar-refractivity contribution is -0.114. The third kappa shape index (κ3) is 7.68. The van der Waals surface area contributed by atoms with Crippen molar-refractivity contribution in [3.8, 4) is 0 Å². The molecule has 0 radical (unpaired) electrons. The Morgan fingerprint density at radius 2 is 1.92 bits per heavy atom. The summed E-state index contributed by atoms with van der Waals surface area (Å²) < 4.78 is 39.5. The van der Waals surface area contributed by atoms with E-state index in [4.69, 9.17) is 0 Å². The molecule has 0 saturated heterocycles. The van der Waals surface area contributed by atoms with Crippen LogP contribution in [0.4, 0.5) is 18.9 Å². The first kappa shape index (κ1) is 21.1. The number of amides is 1. The third-order valence-corrected chi connectivity index (χ3v) is 3.80. The van der Waals surface area contributed by atoms with Crippen molar-refractivity contribution in [1.82, 2.24) is 10.6 Å². The maximum atomic E-state index is 13.5. The summed E-state index contributed by atoms with van der Waals surface area (Å²) in [6.07, 6.45) is 4.09. The van der Waals surface area contributed by atoms with Crippen LogP contribution in [0.1, 0.15) is 19.8 Å². The Kier molecular flexibility index (Phi) is 9.83. The van der Waals surface area contributed by atoms with E-state index in [9.17, 15) is 18.0 Å². The first-order chi connectivity index (χ1) is 12.0. The molecule has 25 heavy (non-hydrogen) atoms. The molecular weight excluding hydrogens is 353 g/mol. The molecule has 0 aliphatic rings. The fourth-order valence-electron chi connectivity index (χ4n) is 1.88. The Labute approximate surface area is 149 Å². The first-order valence-corrected chi connectivity index (χ1v) is 9.33. The zero-order valence-electron chi connectivity index (χ0n) is 14.3. The van der Waals surface area contributed by atoms with Gasteiger partial charge in [0.1, 0.15) is 6.54 Å². The number of rotatable bonds is 9. The maximum absolute atomic E-state index is 13.5. The number of unbranched alkanes of at least 4 members (excludes halogenated alkanes) is 1. The number of nitrogens with one attached hydrogen (secondary N) is 3. The SMILES string of the molecule is CCNC(=NCC(=O)Nc1ccc(F)c(F)c1F)NCCCCSC. The average molecular weight is 376 g/mol. The first-order valence-electron chi connectivity index (χ1n) is 7.94. The topological polar surface area (TPSA) is 65.5 Å². The van der Waals surface area contributed by atoms with Crippen LogP contribution in [0, 0.1) is 17.5 Å². The molecule has 0 fully saturated rings. The fraction of sp³-hybridized carbons (Fsp3) is 0.500. The molecule has 0 bridgehead atoms. The summed E-state index contributed by atoms with van der Waals surface area (Å²) >= 11 is 1.78. The van der Waals surface area contributed by atoms with Crippen LogP contribution < -0.4 is 16.0 Å². The molecule has 0 spiro atoms. The summed E-state index contributed by atoms with van der Waals surface area (Å²) in [5.41, 5.74) is -0.422. The van der Waals surface area contributed by atoms with Crippen LogP contribution in [0.15, 0.2) is 17.1 Å². The number of anilines is 1. The summed E-state index contributed by atoms with van der Waals surface area (Å²) in [6, 6.07) is 1.71. The number of hydrogen-bond acceptors (Lipinski definition) is 3. The normalized spacial score (nSPS) is 11.3. The van der Waals surface area contributed by atoms with E-state index in [1.807, 2.05) is 13.2 Å². The van der Waals surface area contributed by atoms with Gasteiger partial charge in [0.2, 0.25) is 5.91 Å². The van der Waals surface area contributed by atoms with Gasteiger partial charge in [0.15, 0.2) is 23.4 Å². The van der Waals surface area contributed by atoms with E-state index in [1.165, 1.54) is 0 Å². The highest BCUT2D eigenvalue weighted by Gasteiger charge is 2.15. The van der Waals surface area contributed by atoms with Crippen molar-refractivity contribution in [2.24, 2.45) is 4.99 Å². The van der Waals surface area contributed by atoms with Crippen LogP contribution in [0.25, 0.3) is 0 Å². The van der Waals surface area contributed by atoms with Crippen LogP contribution in [0.5, 0.6) is 0 Å². The Balaban J connectivity index is 2.54. The fourth-order valence-corrected chi connectivity index (χ4v) is 2.38. The van der Waals surface area contributed by atoms with Gasteiger partial charge in [-0.25, -0.2) is 18.2 Å². The predicted molar refractivity (Wildman–Crippen MR) is 96.5 cm³/mol. The second kappa shape index (κ2) is 11.6. The number of thioether (sulfide) groups is 1. The van der Waals surface area contributed by atoms with Crippen LogP contribution in [-0.4, -0.2) is 43.5 Å². The highest BCUT2D eigenvalue weighted by Crippen LogP contribution is 2.19. The summed E-state index contributed by atoms with van der Waals surface area (Å²) in [5.74, 6) is -3.46. The van der Waals surface area contributed by atoms with Gasteiger partial charge in [0.05, 0.1) is 5.69 Å². The van der Waals surface area contributed by atoms with Crippen molar-refractivity contribution in [2.45, 2.75) is 19.8 Å². The number of carbonyl (C=O) groups is 1. The van der Waals surface area contributed by atoms with Gasteiger partial charge in [-0.2, -0.15) is 11.8 Å². The number of guanidine groups is 1. The number of halogens is 3. The highest BCUT2D eigenvalue weighted by molar-refractivity contribution is 7.98. The van der Waals surface area contributed by atoms with E-state index in [0.717, 1.165) is 30.7 Å². The molecule has 0 unspecified atom stereocenters. The lowest BCUT2D eigenvalue weighted by atomic mass is 10.3. The minimum atomic E-state index is -1.62. The average Bonchev–Trinajstić information content (AvgIpc) is 2.60. The monoisotopic (exact) mass is 376 g/mol. The quantitative estimate of drug-likeness (QED) is 0.268. The molecule has 3 N–H and O–H groups in total. The van der Waals surface area contributed by atoms with Gasteiger partial charge in [0.25, 0.3) is 0 Å². The summed E-state index contributed by atoms with van der Waals surface area (Å²) in [7, 11) is 0. The smallest absolute Gasteiger partial charge is 0.246 e. The molecule has 9 heteroatoms. The van der Waals surface area contributed by atoms with Crippen molar-refractivity contribution < 1.29 is 18.0 Å². The van der Waals surface area contributed by atoms with Gasteiger partial charge in [-0.1, -0.05) is 0 Å². The minimum Gasteiger partial charge on any atom is -0.357 e. The molecule has 5 nitrogen and oxygen atoms in total. The van der Waals surface area contributed by atoms with Crippen molar-refractivity contribution >= 4 is 29.3 Å². The highest BCUT2D eigenvalue weighted by atomic mass is 32.2. The van der Waals surface area contributed by atoms with Crippen LogP contribution >= 0.6 is 11.8 Å². The van der Waals surface area contributed by atoms with E-state index in [0.29, 0.717) is 19.0 Å². The van der Waals surface area contributed by atoms with Gasteiger partial charge >= 0.3 is 0 Å². The number of nitrogens with zero attached hydrogens (tertiary/aromatic N) is 1. The van der Waals surface area contributed by atoms with Crippen LogP contribution in [0.3, 0.4) is 0 Å². The molecule has 1 rings (SSSR count). The summed E-state index contributed by atoms with van der Waals surface area (Å²) in [4.78, 5) is 15.9. The van der Waals surface area contributed by atoms with Crippen molar-refractivity contribution in [1.29, 1.82) is 0 Å². The van der Waals surface area contributed by atoms with Gasteiger partial charge in [-0.3, -0.25) is 4.79 Å². The van der Waals surface area contributed by atoms with Crippen molar-refractivity contribution in [3.05, 3.63) is 29.6 Å². The second-order valence-corrected chi connectivity index (χ2v) is 6.08. The third-order valence-electron chi connectivity index (χ3n) is 3.10. The number of benzene rings is 1. The predicted octanol–water partition coefficient (Wildman–Crippen LogP) is 2.74. The van der Waals surface area contributed by atoms with Crippen molar-refractivity contribution in [2.75, 3.05) is 37.0 Å². The molecule has 1 aromatic rings.